The molecular formula is C19H27N3O3. The molecule has 1 aromatic rings. The van der Waals surface area contributed by atoms with Gasteiger partial charge in [0.15, 0.2) is 0 Å². The van der Waals surface area contributed by atoms with E-state index in [1.54, 1.807) is 12.0 Å². The molecule has 25 heavy (non-hydrogen) atoms. The highest BCUT2D eigenvalue weighted by Gasteiger charge is 2.43. The van der Waals surface area contributed by atoms with Crippen LogP contribution in [0.3, 0.4) is 0 Å². The number of carbonyl (C=O) groups is 2. The van der Waals surface area contributed by atoms with Crippen molar-refractivity contribution in [1.82, 2.24) is 15.1 Å². The van der Waals surface area contributed by atoms with Crippen molar-refractivity contribution < 1.29 is 14.3 Å². The first kappa shape index (κ1) is 17.7. The SMILES string of the molecule is COc1ccc(CN2CCN3C(=O)[C@H](CC(C)C)NC(=O)[C@H]3C2)cc1. The van der Waals surface area contributed by atoms with Crippen LogP contribution in [-0.2, 0) is 16.1 Å². The molecule has 1 N–H and O–H groups in total. The van der Waals surface area contributed by atoms with Crippen LogP contribution in [0.2, 0.25) is 0 Å². The molecule has 0 unspecified atom stereocenters. The fraction of sp³-hybridized carbons (Fsp3) is 0.579. The monoisotopic (exact) mass is 345 g/mol. The van der Waals surface area contributed by atoms with Gasteiger partial charge in [-0.1, -0.05) is 26.0 Å². The average molecular weight is 345 g/mol. The Morgan fingerprint density at radius 1 is 1.20 bits per heavy atom. The third-order valence-corrected chi connectivity index (χ3v) is 4.94. The smallest absolute Gasteiger partial charge is 0.245 e. The zero-order valence-electron chi connectivity index (χ0n) is 15.2. The molecule has 0 spiro atoms. The number of hydrogen-bond donors (Lipinski definition) is 1. The van der Waals surface area contributed by atoms with E-state index in [1.165, 1.54) is 5.56 Å². The van der Waals surface area contributed by atoms with E-state index in [9.17, 15) is 9.59 Å². The summed E-state index contributed by atoms with van der Waals surface area (Å²) in [6, 6.07) is 7.23. The van der Waals surface area contributed by atoms with E-state index in [1.807, 2.05) is 24.3 Å². The lowest BCUT2D eigenvalue weighted by molar-refractivity contribution is -0.153. The predicted octanol–water partition coefficient (Wildman–Crippen LogP) is 1.25. The number of ether oxygens (including phenoxy) is 1. The molecule has 2 heterocycles. The fourth-order valence-corrected chi connectivity index (χ4v) is 3.62. The molecule has 136 valence electrons. The fourth-order valence-electron chi connectivity index (χ4n) is 3.62. The van der Waals surface area contributed by atoms with Crippen molar-refractivity contribution in [3.8, 4) is 5.75 Å². The van der Waals surface area contributed by atoms with Gasteiger partial charge in [0.2, 0.25) is 11.8 Å². The minimum atomic E-state index is -0.372. The Hall–Kier alpha value is -2.08. The Balaban J connectivity index is 1.63. The summed E-state index contributed by atoms with van der Waals surface area (Å²) in [6.07, 6.45) is 0.698. The van der Waals surface area contributed by atoms with Crippen LogP contribution in [0.25, 0.3) is 0 Å². The van der Waals surface area contributed by atoms with Crippen molar-refractivity contribution >= 4 is 11.8 Å². The lowest BCUT2D eigenvalue weighted by Crippen LogP contribution is -2.69. The van der Waals surface area contributed by atoms with Crippen molar-refractivity contribution in [3.05, 3.63) is 29.8 Å². The number of fused-ring (bicyclic) bond motifs is 1. The number of nitrogens with one attached hydrogen (secondary N) is 1. The number of methoxy groups -OCH3 is 1. The molecule has 2 atom stereocenters. The Kier molecular flexibility index (Phi) is 5.27. The van der Waals surface area contributed by atoms with Crippen LogP contribution in [-0.4, -0.2) is 60.4 Å². The quantitative estimate of drug-likeness (QED) is 0.873. The zero-order valence-corrected chi connectivity index (χ0v) is 15.2. The summed E-state index contributed by atoms with van der Waals surface area (Å²) in [7, 11) is 1.65. The van der Waals surface area contributed by atoms with E-state index in [0.717, 1.165) is 18.8 Å². The second kappa shape index (κ2) is 7.44. The topological polar surface area (TPSA) is 61.9 Å². The van der Waals surface area contributed by atoms with Gasteiger partial charge >= 0.3 is 0 Å². The summed E-state index contributed by atoms with van der Waals surface area (Å²) in [5.41, 5.74) is 1.18. The molecule has 2 saturated heterocycles. The Labute approximate surface area is 149 Å². The van der Waals surface area contributed by atoms with E-state index in [2.05, 4.69) is 24.1 Å². The van der Waals surface area contributed by atoms with E-state index in [0.29, 0.717) is 25.4 Å². The summed E-state index contributed by atoms with van der Waals surface area (Å²) in [6.45, 7) is 6.89. The molecule has 2 amide bonds. The maximum absolute atomic E-state index is 12.7. The molecular weight excluding hydrogens is 318 g/mol. The molecule has 3 rings (SSSR count). The van der Waals surface area contributed by atoms with Crippen LogP contribution in [0, 0.1) is 5.92 Å². The second-order valence-electron chi connectivity index (χ2n) is 7.32. The number of hydrogen-bond acceptors (Lipinski definition) is 4. The molecule has 1 aromatic carbocycles. The van der Waals surface area contributed by atoms with Gasteiger partial charge in [-0.05, 0) is 30.0 Å². The number of rotatable bonds is 5. The van der Waals surface area contributed by atoms with Crippen molar-refractivity contribution in [2.45, 2.75) is 38.9 Å². The van der Waals surface area contributed by atoms with Crippen molar-refractivity contribution in [1.29, 1.82) is 0 Å². The van der Waals surface area contributed by atoms with Crippen LogP contribution < -0.4 is 10.1 Å². The minimum absolute atomic E-state index is 0.0234. The molecule has 2 aliphatic heterocycles. The average Bonchev–Trinajstić information content (AvgIpc) is 2.60. The molecule has 0 radical (unpaired) electrons. The number of benzene rings is 1. The Morgan fingerprint density at radius 3 is 2.56 bits per heavy atom. The largest absolute Gasteiger partial charge is 0.497 e. The van der Waals surface area contributed by atoms with Crippen LogP contribution >= 0.6 is 0 Å². The van der Waals surface area contributed by atoms with Gasteiger partial charge in [0, 0.05) is 26.2 Å². The maximum atomic E-state index is 12.7. The van der Waals surface area contributed by atoms with Gasteiger partial charge in [0.25, 0.3) is 0 Å². The third-order valence-electron chi connectivity index (χ3n) is 4.94. The van der Waals surface area contributed by atoms with Crippen molar-refractivity contribution in [2.75, 3.05) is 26.7 Å². The molecule has 6 heteroatoms. The molecule has 0 saturated carbocycles. The lowest BCUT2D eigenvalue weighted by Gasteiger charge is -2.45. The lowest BCUT2D eigenvalue weighted by atomic mass is 9.97. The summed E-state index contributed by atoms with van der Waals surface area (Å²) in [5, 5.41) is 2.92. The van der Waals surface area contributed by atoms with Crippen LogP contribution in [0.5, 0.6) is 5.75 Å². The summed E-state index contributed by atoms with van der Waals surface area (Å²) in [4.78, 5) is 29.2. The van der Waals surface area contributed by atoms with Crippen molar-refractivity contribution in [2.24, 2.45) is 5.92 Å². The van der Waals surface area contributed by atoms with Gasteiger partial charge in [-0.3, -0.25) is 14.5 Å². The van der Waals surface area contributed by atoms with E-state index >= 15 is 0 Å². The number of nitrogens with zero attached hydrogens (tertiary/aromatic N) is 2. The highest BCUT2D eigenvalue weighted by Crippen LogP contribution is 2.21. The van der Waals surface area contributed by atoms with Crippen molar-refractivity contribution in [3.63, 3.8) is 0 Å². The highest BCUT2D eigenvalue weighted by atomic mass is 16.5. The Morgan fingerprint density at radius 2 is 1.92 bits per heavy atom. The first-order valence-corrected chi connectivity index (χ1v) is 8.94. The summed E-state index contributed by atoms with van der Waals surface area (Å²) >= 11 is 0. The van der Waals surface area contributed by atoms with Gasteiger partial charge in [-0.15, -0.1) is 0 Å². The molecule has 2 fully saturated rings. The summed E-state index contributed by atoms with van der Waals surface area (Å²) in [5.74, 6) is 1.26. The van der Waals surface area contributed by atoms with Crippen LogP contribution in [0.4, 0.5) is 0 Å². The van der Waals surface area contributed by atoms with Gasteiger partial charge < -0.3 is 15.0 Å². The first-order valence-electron chi connectivity index (χ1n) is 8.94. The standard InChI is InChI=1S/C19H27N3O3/c1-13(2)10-16-19(24)22-9-8-21(12-17(22)18(23)20-16)11-14-4-6-15(25-3)7-5-14/h4-7,13,16-17H,8-12H2,1-3H3,(H,20,23)/t16-,17+/m0/s1. The number of piperazine rings is 2. The molecule has 6 nitrogen and oxygen atoms in total. The zero-order chi connectivity index (χ0) is 18.0. The van der Waals surface area contributed by atoms with E-state index in [-0.39, 0.29) is 23.9 Å². The van der Waals surface area contributed by atoms with Crippen LogP contribution in [0.15, 0.2) is 24.3 Å². The molecule has 0 bridgehead atoms. The highest BCUT2D eigenvalue weighted by molar-refractivity contribution is 5.97. The third kappa shape index (κ3) is 3.95. The van der Waals surface area contributed by atoms with Gasteiger partial charge in [-0.25, -0.2) is 0 Å². The van der Waals surface area contributed by atoms with Gasteiger partial charge in [0.1, 0.15) is 17.8 Å². The summed E-state index contributed by atoms with van der Waals surface area (Å²) < 4.78 is 5.18. The number of carbonyl (C=O) groups excluding carboxylic acids is 2. The minimum Gasteiger partial charge on any atom is -0.497 e. The number of amides is 2. The van der Waals surface area contributed by atoms with Gasteiger partial charge in [0.05, 0.1) is 7.11 Å². The predicted molar refractivity (Wildman–Crippen MR) is 95.2 cm³/mol. The Bertz CT molecular complexity index is 629. The normalized spacial score (nSPS) is 24.2. The molecule has 2 aliphatic rings. The van der Waals surface area contributed by atoms with Gasteiger partial charge in [-0.2, -0.15) is 0 Å². The first-order chi connectivity index (χ1) is 12.0. The van der Waals surface area contributed by atoms with E-state index in [4.69, 9.17) is 4.74 Å². The molecule has 0 aromatic heterocycles. The maximum Gasteiger partial charge on any atom is 0.245 e. The van der Waals surface area contributed by atoms with Crippen LogP contribution in [0.1, 0.15) is 25.8 Å². The molecule has 0 aliphatic carbocycles. The second-order valence-corrected chi connectivity index (χ2v) is 7.32. The van der Waals surface area contributed by atoms with E-state index < -0.39 is 0 Å².